The molecule has 0 heterocycles. The Morgan fingerprint density at radius 1 is 0.846 bits per heavy atom. The van der Waals surface area contributed by atoms with Crippen LogP contribution in [-0.2, 0) is 10.8 Å². The molecule has 26 heavy (non-hydrogen) atoms. The molecule has 3 rings (SSSR count). The Morgan fingerprint density at radius 2 is 1.38 bits per heavy atom. The highest BCUT2D eigenvalue weighted by Crippen LogP contribution is 2.45. The van der Waals surface area contributed by atoms with E-state index in [2.05, 4.69) is 95.5 Å². The van der Waals surface area contributed by atoms with Crippen LogP contribution in [0.15, 0.2) is 49.0 Å². The zero-order chi connectivity index (χ0) is 18.9. The van der Waals surface area contributed by atoms with E-state index in [-0.39, 0.29) is 10.8 Å². The number of fused-ring (bicyclic) bond motifs is 1. The molecule has 1 aliphatic rings. The molecule has 0 spiro atoms. The van der Waals surface area contributed by atoms with E-state index in [0.29, 0.717) is 0 Å². The lowest BCUT2D eigenvalue weighted by atomic mass is 9.63. The molecule has 0 fully saturated rings. The maximum atomic E-state index is 4.10. The summed E-state index contributed by atoms with van der Waals surface area (Å²) in [6.07, 6.45) is 3.45. The van der Waals surface area contributed by atoms with Crippen molar-refractivity contribution in [2.24, 2.45) is 0 Å². The van der Waals surface area contributed by atoms with Gasteiger partial charge in [-0.15, -0.1) is 0 Å². The van der Waals surface area contributed by atoms with Gasteiger partial charge in [0.1, 0.15) is 0 Å². The van der Waals surface area contributed by atoms with Gasteiger partial charge >= 0.3 is 0 Å². The van der Waals surface area contributed by atoms with Gasteiger partial charge in [0.2, 0.25) is 0 Å². The van der Waals surface area contributed by atoms with Gasteiger partial charge in [-0.1, -0.05) is 71.2 Å². The molecule has 0 saturated heterocycles. The van der Waals surface area contributed by atoms with E-state index >= 15 is 0 Å². The quantitative estimate of drug-likeness (QED) is 0.523. The van der Waals surface area contributed by atoms with Crippen molar-refractivity contribution < 1.29 is 0 Å². The van der Waals surface area contributed by atoms with Gasteiger partial charge in [-0.3, -0.25) is 0 Å². The van der Waals surface area contributed by atoms with Crippen LogP contribution in [0.25, 0.3) is 5.57 Å². The molecule has 0 unspecified atom stereocenters. The van der Waals surface area contributed by atoms with Crippen LogP contribution in [0.4, 0.5) is 0 Å². The Morgan fingerprint density at radius 3 is 2.00 bits per heavy atom. The highest BCUT2D eigenvalue weighted by molar-refractivity contribution is 5.63. The van der Waals surface area contributed by atoms with E-state index in [9.17, 15) is 0 Å². The topological polar surface area (TPSA) is 0 Å². The van der Waals surface area contributed by atoms with Crippen LogP contribution in [0.2, 0.25) is 0 Å². The van der Waals surface area contributed by atoms with Crippen molar-refractivity contribution in [3.05, 3.63) is 76.9 Å². The van der Waals surface area contributed by atoms with Crippen LogP contribution in [0.5, 0.6) is 0 Å². The van der Waals surface area contributed by atoms with E-state index in [1.54, 1.807) is 0 Å². The molecule has 0 N–H and O–H groups in total. The molecule has 0 amide bonds. The average molecular weight is 343 g/mol. The Bertz CT molecular complexity index is 880. The van der Waals surface area contributed by atoms with Crippen molar-refractivity contribution in [1.29, 1.82) is 0 Å². The van der Waals surface area contributed by atoms with Crippen molar-refractivity contribution >= 4 is 5.57 Å². The van der Waals surface area contributed by atoms with Gasteiger partial charge in [0, 0.05) is 11.1 Å². The van der Waals surface area contributed by atoms with Gasteiger partial charge in [-0.25, -0.2) is 0 Å². The minimum Gasteiger partial charge on any atom is -0.0952 e. The maximum absolute atomic E-state index is 4.10. The van der Waals surface area contributed by atoms with Crippen LogP contribution in [0.1, 0.15) is 81.7 Å². The fourth-order valence-electron chi connectivity index (χ4n) is 3.80. The van der Waals surface area contributed by atoms with Crippen molar-refractivity contribution in [2.75, 3.05) is 0 Å². The molecule has 2 aromatic rings. The van der Waals surface area contributed by atoms with Crippen LogP contribution in [-0.4, -0.2) is 0 Å². The molecule has 1 aliphatic carbocycles. The normalized spacial score (nSPS) is 17.0. The molecule has 0 heteroatoms. The summed E-state index contributed by atoms with van der Waals surface area (Å²) in [7, 11) is 0. The Balaban J connectivity index is 1.91. The van der Waals surface area contributed by atoms with Gasteiger partial charge in [0.25, 0.3) is 0 Å². The highest BCUT2D eigenvalue weighted by atomic mass is 14.4. The molecule has 0 nitrogen and oxygen atoms in total. The van der Waals surface area contributed by atoms with Crippen LogP contribution in [0.3, 0.4) is 0 Å². The second kappa shape index (κ2) is 6.81. The lowest BCUT2D eigenvalue weighted by Gasteiger charge is -2.41. The Hall–Kier alpha value is -2.26. The summed E-state index contributed by atoms with van der Waals surface area (Å²) >= 11 is 0. The average Bonchev–Trinajstić information content (AvgIpc) is 2.63. The third kappa shape index (κ3) is 3.63. The van der Waals surface area contributed by atoms with Gasteiger partial charge < -0.3 is 0 Å². The summed E-state index contributed by atoms with van der Waals surface area (Å²) in [5, 5.41) is 0. The summed E-state index contributed by atoms with van der Waals surface area (Å²) in [6.45, 7) is 15.7. The predicted molar refractivity (Wildman–Crippen MR) is 113 cm³/mol. The smallest absolute Gasteiger partial charge is 0.0252 e. The van der Waals surface area contributed by atoms with Crippen molar-refractivity contribution in [3.63, 3.8) is 0 Å². The molecule has 134 valence electrons. The minimum atomic E-state index is 0.227. The lowest BCUT2D eigenvalue weighted by Crippen LogP contribution is -2.33. The summed E-state index contributed by atoms with van der Waals surface area (Å²) in [5.74, 6) is 6.69. The standard InChI is InChI=1S/C26H30/c1-7-19(2)22-13-10-20(11-14-22)8-9-21-12-15-23-24(18-21)26(5,6)17-16-25(23,3)4/h10-15,18H,2,7,16-17H2,1,3-6H3. The monoisotopic (exact) mass is 342 g/mol. The Kier molecular flexibility index (Phi) is 4.85. The first-order valence-corrected chi connectivity index (χ1v) is 9.68. The third-order valence-corrected chi connectivity index (χ3v) is 5.92. The van der Waals surface area contributed by atoms with E-state index in [0.717, 1.165) is 17.5 Å². The van der Waals surface area contributed by atoms with Crippen molar-refractivity contribution in [2.45, 2.75) is 64.7 Å². The molecule has 0 aliphatic heterocycles. The Labute approximate surface area is 159 Å². The zero-order valence-corrected chi connectivity index (χ0v) is 16.9. The first kappa shape index (κ1) is 18.5. The largest absolute Gasteiger partial charge is 0.0952 e. The zero-order valence-electron chi connectivity index (χ0n) is 16.9. The molecular weight excluding hydrogens is 312 g/mol. The number of hydrogen-bond donors (Lipinski definition) is 0. The molecule has 0 aromatic heterocycles. The van der Waals surface area contributed by atoms with Crippen LogP contribution in [0, 0.1) is 11.8 Å². The van der Waals surface area contributed by atoms with E-state index in [1.807, 2.05) is 0 Å². The molecule has 0 saturated carbocycles. The molecule has 0 radical (unpaired) electrons. The van der Waals surface area contributed by atoms with E-state index < -0.39 is 0 Å². The summed E-state index contributed by atoms with van der Waals surface area (Å²) in [6, 6.07) is 15.2. The molecule has 0 atom stereocenters. The summed E-state index contributed by atoms with van der Waals surface area (Å²) in [5.41, 5.74) is 7.97. The SMILES string of the molecule is C=C(CC)c1ccc(C#Cc2ccc3c(c2)C(C)(C)CCC3(C)C)cc1. The van der Waals surface area contributed by atoms with E-state index in [4.69, 9.17) is 0 Å². The second-order valence-electron chi connectivity index (χ2n) is 8.81. The third-order valence-electron chi connectivity index (χ3n) is 5.92. The number of hydrogen-bond acceptors (Lipinski definition) is 0. The minimum absolute atomic E-state index is 0.227. The number of allylic oxidation sites excluding steroid dienone is 1. The fourth-order valence-corrected chi connectivity index (χ4v) is 3.80. The second-order valence-corrected chi connectivity index (χ2v) is 8.81. The number of rotatable bonds is 2. The molecular formula is C26H30. The first-order valence-electron chi connectivity index (χ1n) is 9.68. The summed E-state index contributed by atoms with van der Waals surface area (Å²) < 4.78 is 0. The van der Waals surface area contributed by atoms with E-state index in [1.165, 1.54) is 35.1 Å². The van der Waals surface area contributed by atoms with Gasteiger partial charge in [0.05, 0.1) is 0 Å². The van der Waals surface area contributed by atoms with Gasteiger partial charge in [-0.2, -0.15) is 0 Å². The summed E-state index contributed by atoms with van der Waals surface area (Å²) in [4.78, 5) is 0. The lowest BCUT2D eigenvalue weighted by molar-refractivity contribution is 0.332. The molecule has 0 bridgehead atoms. The number of benzene rings is 2. The first-order chi connectivity index (χ1) is 12.2. The van der Waals surface area contributed by atoms with Gasteiger partial charge in [0.15, 0.2) is 0 Å². The molecule has 2 aromatic carbocycles. The van der Waals surface area contributed by atoms with Crippen molar-refractivity contribution in [3.8, 4) is 11.8 Å². The fraction of sp³-hybridized carbons (Fsp3) is 0.385. The highest BCUT2D eigenvalue weighted by Gasteiger charge is 2.36. The van der Waals surface area contributed by atoms with Crippen LogP contribution >= 0.6 is 0 Å². The predicted octanol–water partition coefficient (Wildman–Crippen LogP) is 6.86. The van der Waals surface area contributed by atoms with Gasteiger partial charge in [-0.05, 0) is 76.6 Å². The van der Waals surface area contributed by atoms with Crippen molar-refractivity contribution in [1.82, 2.24) is 0 Å². The maximum Gasteiger partial charge on any atom is 0.0252 e. The van der Waals surface area contributed by atoms with Crippen LogP contribution < -0.4 is 0 Å².